The summed E-state index contributed by atoms with van der Waals surface area (Å²) in [5, 5.41) is 14.9. The molecule has 0 saturated heterocycles. The molecule has 1 aromatic rings. The molecule has 0 spiro atoms. The second-order valence-corrected chi connectivity index (χ2v) is 2.98. The molecule has 1 aliphatic heterocycles. The maximum Gasteiger partial charge on any atom is 0.231 e. The van der Waals surface area contributed by atoms with E-state index in [4.69, 9.17) is 0 Å². The highest BCUT2D eigenvalue weighted by Crippen LogP contribution is 2.24. The Balaban J connectivity index is 2.31. The van der Waals surface area contributed by atoms with Crippen LogP contribution in [-0.4, -0.2) is 18.0 Å². The molecule has 0 amide bonds. The van der Waals surface area contributed by atoms with Crippen molar-refractivity contribution >= 4 is 0 Å². The van der Waals surface area contributed by atoms with E-state index in [2.05, 4.69) is 10.1 Å². The Bertz CT molecular complexity index is 324. The van der Waals surface area contributed by atoms with Gasteiger partial charge in [-0.25, -0.2) is 0 Å². The summed E-state index contributed by atoms with van der Waals surface area (Å²) in [6.45, 7) is 0. The number of benzene rings is 1. The largest absolute Gasteiger partial charge is 0.814 e. The zero-order valence-corrected chi connectivity index (χ0v) is 7.25. The summed E-state index contributed by atoms with van der Waals surface area (Å²) in [5.41, 5.74) is 0.936. The Kier molecular flexibility index (Phi) is 1.98. The number of nitrogens with zero attached hydrogens (tertiary/aromatic N) is 2. The maximum atomic E-state index is 11.3. The fourth-order valence-electron chi connectivity index (χ4n) is 1.43. The first-order valence-electron chi connectivity index (χ1n) is 4.09. The van der Waals surface area contributed by atoms with Gasteiger partial charge in [0.25, 0.3) is 0 Å². The molecule has 4 heteroatoms. The van der Waals surface area contributed by atoms with E-state index in [0.29, 0.717) is 0 Å². The summed E-state index contributed by atoms with van der Waals surface area (Å²) in [6.07, 6.45) is -1.12. The van der Waals surface area contributed by atoms with Gasteiger partial charge in [0.05, 0.1) is 0 Å². The molecular weight excluding hydrogens is 168 g/mol. The zero-order chi connectivity index (χ0) is 9.26. The van der Waals surface area contributed by atoms with Gasteiger partial charge in [0.15, 0.2) is 12.3 Å². The van der Waals surface area contributed by atoms with Crippen LogP contribution in [0.3, 0.4) is 0 Å². The Morgan fingerprint density at radius 2 is 2.08 bits per heavy atom. The summed E-state index contributed by atoms with van der Waals surface area (Å²) in [7, 11) is 1.73. The van der Waals surface area contributed by atoms with E-state index in [1.54, 1.807) is 11.7 Å². The van der Waals surface area contributed by atoms with Crippen LogP contribution in [0.2, 0.25) is 0 Å². The third-order valence-electron chi connectivity index (χ3n) is 2.08. The molecule has 2 atom stereocenters. The van der Waals surface area contributed by atoms with Crippen molar-refractivity contribution in [2.75, 3.05) is 7.05 Å². The topological polar surface area (TPSA) is 47.7 Å². The van der Waals surface area contributed by atoms with Crippen LogP contribution in [0.5, 0.6) is 0 Å². The van der Waals surface area contributed by atoms with E-state index >= 15 is 0 Å². The molecule has 1 heterocycles. The highest BCUT2D eigenvalue weighted by atomic mass is 16.7. The van der Waals surface area contributed by atoms with Crippen LogP contribution in [0.4, 0.5) is 0 Å². The lowest BCUT2D eigenvalue weighted by Gasteiger charge is -2.15. The zero-order valence-electron chi connectivity index (χ0n) is 7.25. The standard InChI is InChI=1S/C9H10N2O2/c1-11-8(9(12)13-10-11)7-5-3-2-4-6-7/h2-6,8-9H,1H3. The van der Waals surface area contributed by atoms with E-state index in [9.17, 15) is 5.11 Å². The number of likely N-dealkylation sites (N-methyl/N-ethyl adjacent to an activating group) is 1. The van der Waals surface area contributed by atoms with Gasteiger partial charge in [-0.05, 0) is 0 Å². The van der Waals surface area contributed by atoms with E-state index in [1.165, 1.54) is 0 Å². The maximum absolute atomic E-state index is 11.3. The minimum atomic E-state index is -1.12. The fraction of sp³-hybridized carbons (Fsp3) is 0.333. The smallest absolute Gasteiger partial charge is 0.231 e. The van der Waals surface area contributed by atoms with Gasteiger partial charge in [-0.1, -0.05) is 35.0 Å². The van der Waals surface area contributed by atoms with Crippen molar-refractivity contribution in [3.8, 4) is 0 Å². The van der Waals surface area contributed by atoms with Crippen LogP contribution in [0.25, 0.3) is 0 Å². The van der Waals surface area contributed by atoms with Crippen molar-refractivity contribution in [1.29, 1.82) is 0 Å². The summed E-state index contributed by atoms with van der Waals surface area (Å²) >= 11 is 0. The first kappa shape index (κ1) is 8.19. The van der Waals surface area contributed by atoms with Crippen LogP contribution in [0.1, 0.15) is 11.6 Å². The third kappa shape index (κ3) is 1.40. The molecule has 0 bridgehead atoms. The van der Waals surface area contributed by atoms with Crippen LogP contribution in [0.15, 0.2) is 35.6 Å². The molecule has 1 aliphatic rings. The second-order valence-electron chi connectivity index (χ2n) is 2.98. The minimum Gasteiger partial charge on any atom is -0.814 e. The number of hydrogen-bond acceptors (Lipinski definition) is 3. The van der Waals surface area contributed by atoms with Crippen molar-refractivity contribution < 1.29 is 14.6 Å². The molecule has 0 aromatic heterocycles. The van der Waals surface area contributed by atoms with Gasteiger partial charge < -0.3 is 9.94 Å². The van der Waals surface area contributed by atoms with Crippen molar-refractivity contribution in [1.82, 2.24) is 0 Å². The van der Waals surface area contributed by atoms with E-state index in [-0.39, 0.29) is 6.04 Å². The Morgan fingerprint density at radius 3 is 2.62 bits per heavy atom. The molecule has 13 heavy (non-hydrogen) atoms. The lowest BCUT2D eigenvalue weighted by atomic mass is 10.1. The van der Waals surface area contributed by atoms with Gasteiger partial charge in [-0.3, -0.25) is 0 Å². The first-order valence-corrected chi connectivity index (χ1v) is 4.09. The van der Waals surface area contributed by atoms with Crippen molar-refractivity contribution in [2.24, 2.45) is 5.28 Å². The van der Waals surface area contributed by atoms with Gasteiger partial charge in [-0.2, -0.15) is 0 Å². The van der Waals surface area contributed by atoms with E-state index in [0.717, 1.165) is 5.56 Å². The molecule has 0 N–H and O–H groups in total. The van der Waals surface area contributed by atoms with E-state index < -0.39 is 6.29 Å². The fourth-order valence-corrected chi connectivity index (χ4v) is 1.43. The van der Waals surface area contributed by atoms with Crippen molar-refractivity contribution in [3.63, 3.8) is 0 Å². The van der Waals surface area contributed by atoms with Crippen LogP contribution in [0, 0.1) is 0 Å². The molecule has 0 fully saturated rings. The third-order valence-corrected chi connectivity index (χ3v) is 2.08. The monoisotopic (exact) mass is 178 g/mol. The van der Waals surface area contributed by atoms with Gasteiger partial charge >= 0.3 is 0 Å². The predicted molar refractivity (Wildman–Crippen MR) is 42.7 cm³/mol. The molecule has 2 unspecified atom stereocenters. The summed E-state index contributed by atoms with van der Waals surface area (Å²) in [5.74, 6) is 0. The van der Waals surface area contributed by atoms with Gasteiger partial charge in [0, 0.05) is 5.56 Å². The Hall–Kier alpha value is -1.42. The number of hydrogen-bond donors (Lipinski definition) is 0. The van der Waals surface area contributed by atoms with Gasteiger partial charge in [0.2, 0.25) is 6.04 Å². The molecule has 68 valence electrons. The molecule has 4 nitrogen and oxygen atoms in total. The lowest BCUT2D eigenvalue weighted by Crippen LogP contribution is -2.33. The average Bonchev–Trinajstić information content (AvgIpc) is 2.48. The van der Waals surface area contributed by atoms with Crippen LogP contribution < -0.4 is 5.11 Å². The summed E-state index contributed by atoms with van der Waals surface area (Å²) < 4.78 is 1.55. The first-order chi connectivity index (χ1) is 6.29. The Morgan fingerprint density at radius 1 is 1.38 bits per heavy atom. The summed E-state index contributed by atoms with van der Waals surface area (Å²) in [6, 6.07) is 9.20. The van der Waals surface area contributed by atoms with Crippen molar-refractivity contribution in [3.05, 3.63) is 35.9 Å². The lowest BCUT2D eigenvalue weighted by molar-refractivity contribution is -0.622. The predicted octanol–water partition coefficient (Wildman–Crippen LogP) is 0.454. The molecule has 0 saturated carbocycles. The van der Waals surface area contributed by atoms with Crippen molar-refractivity contribution in [2.45, 2.75) is 12.3 Å². The Labute approximate surface area is 76.0 Å². The highest BCUT2D eigenvalue weighted by Gasteiger charge is 2.32. The SMILES string of the molecule is C[N+]1=NOC([O-])C1c1ccccc1. The normalized spacial score (nSPS) is 26.8. The molecule has 1 aromatic carbocycles. The van der Waals surface area contributed by atoms with Crippen LogP contribution >= 0.6 is 0 Å². The molecule has 0 radical (unpaired) electrons. The summed E-state index contributed by atoms with van der Waals surface area (Å²) in [4.78, 5) is 4.63. The molecule has 0 aliphatic carbocycles. The van der Waals surface area contributed by atoms with Crippen LogP contribution in [-0.2, 0) is 4.84 Å². The quantitative estimate of drug-likeness (QED) is 0.586. The number of rotatable bonds is 1. The van der Waals surface area contributed by atoms with Gasteiger partial charge in [-0.15, -0.1) is 0 Å². The van der Waals surface area contributed by atoms with Gasteiger partial charge in [0.1, 0.15) is 6.29 Å². The minimum absolute atomic E-state index is 0.304. The molecular formula is C9H10N2O2. The molecule has 2 rings (SSSR count). The van der Waals surface area contributed by atoms with E-state index in [1.807, 2.05) is 30.3 Å². The second kappa shape index (κ2) is 3.14. The average molecular weight is 178 g/mol. The highest BCUT2D eigenvalue weighted by molar-refractivity contribution is 5.17.